The van der Waals surface area contributed by atoms with Crippen LogP contribution in [0.5, 0.6) is 0 Å². The lowest BCUT2D eigenvalue weighted by Crippen LogP contribution is -2.31. The summed E-state index contributed by atoms with van der Waals surface area (Å²) in [5.74, 6) is -1.36. The Kier molecular flexibility index (Phi) is 4.66. The zero-order chi connectivity index (χ0) is 16.9. The number of carbonyl (C=O) groups is 2. The Bertz CT molecular complexity index is 830. The van der Waals surface area contributed by atoms with E-state index in [0.29, 0.717) is 11.4 Å². The summed E-state index contributed by atoms with van der Waals surface area (Å²) in [6, 6.07) is 12.1. The highest BCUT2D eigenvalue weighted by atomic mass is 32.1. The number of carbonyl (C=O) groups excluding carboxylic acids is 1. The van der Waals surface area contributed by atoms with Crippen molar-refractivity contribution in [1.29, 1.82) is 0 Å². The van der Waals surface area contributed by atoms with Gasteiger partial charge in [0.15, 0.2) is 0 Å². The third kappa shape index (κ3) is 3.66. The van der Waals surface area contributed by atoms with Gasteiger partial charge < -0.3 is 10.4 Å². The minimum atomic E-state index is -1.04. The van der Waals surface area contributed by atoms with E-state index in [1.807, 2.05) is 30.3 Å². The Balaban J connectivity index is 1.80. The Labute approximate surface area is 141 Å². The molecule has 2 N–H and O–H groups in total. The summed E-state index contributed by atoms with van der Waals surface area (Å²) in [5.41, 5.74) is 0.927. The monoisotopic (exact) mass is 342 g/mol. The van der Waals surface area contributed by atoms with Crippen LogP contribution in [0.25, 0.3) is 0 Å². The molecular weight excluding hydrogens is 328 g/mol. The Morgan fingerprint density at radius 1 is 1.17 bits per heavy atom. The second kappa shape index (κ2) is 7.05. The van der Waals surface area contributed by atoms with Crippen LogP contribution in [0.1, 0.15) is 30.9 Å². The van der Waals surface area contributed by atoms with Crippen molar-refractivity contribution in [3.8, 4) is 0 Å². The van der Waals surface area contributed by atoms with Crippen molar-refractivity contribution >= 4 is 23.2 Å². The molecule has 0 aliphatic carbocycles. The lowest BCUT2D eigenvalue weighted by atomic mass is 10.1. The van der Waals surface area contributed by atoms with Crippen LogP contribution in [-0.2, 0) is 6.54 Å². The van der Waals surface area contributed by atoms with Crippen molar-refractivity contribution in [2.45, 2.75) is 12.6 Å². The van der Waals surface area contributed by atoms with Gasteiger partial charge in [-0.1, -0.05) is 30.3 Å². The standard InChI is InChI=1S/C16H14N4O3S/c21-15(13-6-7-14(24-13)16(22)23)19-12(8-20-10-17-9-18-20)11-4-2-1-3-5-11/h1-7,9-10,12H,8H2,(H,19,21)(H,22,23). The molecule has 0 saturated heterocycles. The number of hydrogen-bond acceptors (Lipinski definition) is 5. The fraction of sp³-hybridized carbons (Fsp3) is 0.125. The van der Waals surface area contributed by atoms with Gasteiger partial charge in [0.25, 0.3) is 5.91 Å². The molecule has 24 heavy (non-hydrogen) atoms. The largest absolute Gasteiger partial charge is 0.477 e. The number of carboxylic acids is 1. The highest BCUT2D eigenvalue weighted by Gasteiger charge is 2.19. The number of aromatic carboxylic acids is 1. The molecule has 1 atom stereocenters. The second-order valence-corrected chi connectivity index (χ2v) is 6.11. The van der Waals surface area contributed by atoms with Crippen molar-refractivity contribution in [3.05, 3.63) is 70.4 Å². The lowest BCUT2D eigenvalue weighted by molar-refractivity contribution is 0.0702. The summed E-state index contributed by atoms with van der Waals surface area (Å²) in [7, 11) is 0. The number of amides is 1. The Hall–Kier alpha value is -3.00. The van der Waals surface area contributed by atoms with Gasteiger partial charge in [-0.2, -0.15) is 5.10 Å². The average Bonchev–Trinajstić information content (AvgIpc) is 3.26. The van der Waals surface area contributed by atoms with Crippen LogP contribution in [0, 0.1) is 0 Å². The van der Waals surface area contributed by atoms with Crippen molar-refractivity contribution in [2.75, 3.05) is 0 Å². The molecule has 3 aromatic rings. The van der Waals surface area contributed by atoms with E-state index in [2.05, 4.69) is 15.4 Å². The zero-order valence-electron chi connectivity index (χ0n) is 12.5. The summed E-state index contributed by atoms with van der Waals surface area (Å²) >= 11 is 0.948. The summed E-state index contributed by atoms with van der Waals surface area (Å²) in [6.07, 6.45) is 3.01. The van der Waals surface area contributed by atoms with Crippen LogP contribution in [0.3, 0.4) is 0 Å². The molecule has 1 aromatic carbocycles. The minimum absolute atomic E-state index is 0.132. The predicted octanol–water partition coefficient (Wildman–Crippen LogP) is 2.21. The van der Waals surface area contributed by atoms with Gasteiger partial charge in [0.2, 0.25) is 0 Å². The maximum absolute atomic E-state index is 12.5. The Morgan fingerprint density at radius 3 is 2.54 bits per heavy atom. The van der Waals surface area contributed by atoms with Gasteiger partial charge in [0.1, 0.15) is 17.5 Å². The van der Waals surface area contributed by atoms with Gasteiger partial charge in [0.05, 0.1) is 17.5 Å². The van der Waals surface area contributed by atoms with E-state index in [1.165, 1.54) is 18.5 Å². The molecule has 0 saturated carbocycles. The molecule has 2 heterocycles. The number of hydrogen-bond donors (Lipinski definition) is 2. The van der Waals surface area contributed by atoms with Crippen LogP contribution < -0.4 is 5.32 Å². The van der Waals surface area contributed by atoms with Gasteiger partial charge in [-0.25, -0.2) is 9.78 Å². The fourth-order valence-electron chi connectivity index (χ4n) is 2.24. The molecule has 0 spiro atoms. The van der Waals surface area contributed by atoms with Crippen LogP contribution in [-0.4, -0.2) is 31.7 Å². The number of nitrogens with zero attached hydrogens (tertiary/aromatic N) is 3. The highest BCUT2D eigenvalue weighted by Crippen LogP contribution is 2.19. The topological polar surface area (TPSA) is 97.1 Å². The van der Waals surface area contributed by atoms with Gasteiger partial charge in [-0.15, -0.1) is 11.3 Å². The van der Waals surface area contributed by atoms with E-state index in [0.717, 1.165) is 16.9 Å². The van der Waals surface area contributed by atoms with E-state index in [1.54, 1.807) is 11.0 Å². The molecule has 1 amide bonds. The molecule has 7 nitrogen and oxygen atoms in total. The molecule has 0 aliphatic rings. The number of aromatic nitrogens is 3. The van der Waals surface area contributed by atoms with Crippen molar-refractivity contribution in [2.24, 2.45) is 0 Å². The number of benzene rings is 1. The van der Waals surface area contributed by atoms with E-state index in [-0.39, 0.29) is 16.8 Å². The maximum Gasteiger partial charge on any atom is 0.345 e. The first-order valence-corrected chi connectivity index (χ1v) is 7.96. The molecule has 0 radical (unpaired) electrons. The van der Waals surface area contributed by atoms with E-state index in [9.17, 15) is 9.59 Å². The smallest absolute Gasteiger partial charge is 0.345 e. The third-order valence-electron chi connectivity index (χ3n) is 3.38. The van der Waals surface area contributed by atoms with Crippen LogP contribution in [0.4, 0.5) is 0 Å². The lowest BCUT2D eigenvalue weighted by Gasteiger charge is -2.18. The van der Waals surface area contributed by atoms with Crippen LogP contribution in [0.15, 0.2) is 55.1 Å². The van der Waals surface area contributed by atoms with Gasteiger partial charge in [-0.3, -0.25) is 9.48 Å². The number of rotatable bonds is 6. The highest BCUT2D eigenvalue weighted by molar-refractivity contribution is 7.15. The van der Waals surface area contributed by atoms with Crippen molar-refractivity contribution in [3.63, 3.8) is 0 Å². The minimum Gasteiger partial charge on any atom is -0.477 e. The van der Waals surface area contributed by atoms with Gasteiger partial charge in [0, 0.05) is 0 Å². The molecule has 0 aliphatic heterocycles. The first-order chi connectivity index (χ1) is 11.6. The second-order valence-electron chi connectivity index (χ2n) is 5.02. The molecule has 3 rings (SSSR count). The summed E-state index contributed by atoms with van der Waals surface area (Å²) in [5, 5.41) is 16.0. The van der Waals surface area contributed by atoms with E-state index >= 15 is 0 Å². The first kappa shape index (κ1) is 15.9. The molecular formula is C16H14N4O3S. The maximum atomic E-state index is 12.5. The number of carboxylic acid groups (broad SMARTS) is 1. The molecule has 122 valence electrons. The van der Waals surface area contributed by atoms with E-state index < -0.39 is 5.97 Å². The molecule has 2 aromatic heterocycles. The normalized spacial score (nSPS) is 11.8. The van der Waals surface area contributed by atoms with Crippen LogP contribution >= 0.6 is 11.3 Å². The quantitative estimate of drug-likeness (QED) is 0.716. The van der Waals surface area contributed by atoms with Gasteiger partial charge in [-0.05, 0) is 17.7 Å². The fourth-order valence-corrected chi connectivity index (χ4v) is 2.99. The predicted molar refractivity (Wildman–Crippen MR) is 87.9 cm³/mol. The van der Waals surface area contributed by atoms with Crippen LogP contribution in [0.2, 0.25) is 0 Å². The average molecular weight is 342 g/mol. The van der Waals surface area contributed by atoms with Gasteiger partial charge >= 0.3 is 5.97 Å². The summed E-state index contributed by atoms with van der Waals surface area (Å²) in [4.78, 5) is 27.8. The Morgan fingerprint density at radius 2 is 1.92 bits per heavy atom. The van der Waals surface area contributed by atoms with Crippen molar-refractivity contribution < 1.29 is 14.7 Å². The van der Waals surface area contributed by atoms with E-state index in [4.69, 9.17) is 5.11 Å². The molecule has 8 heteroatoms. The first-order valence-electron chi connectivity index (χ1n) is 7.15. The zero-order valence-corrected chi connectivity index (χ0v) is 13.3. The summed E-state index contributed by atoms with van der Waals surface area (Å²) in [6.45, 7) is 0.424. The molecule has 1 unspecified atom stereocenters. The summed E-state index contributed by atoms with van der Waals surface area (Å²) < 4.78 is 1.63. The molecule has 0 bridgehead atoms. The third-order valence-corrected chi connectivity index (χ3v) is 4.46. The van der Waals surface area contributed by atoms with Crippen molar-refractivity contribution in [1.82, 2.24) is 20.1 Å². The number of nitrogens with one attached hydrogen (secondary N) is 1. The SMILES string of the molecule is O=C(O)c1ccc(C(=O)NC(Cn2cncn2)c2ccccc2)s1. The number of thiophene rings is 1. The molecule has 0 fully saturated rings.